The van der Waals surface area contributed by atoms with Gasteiger partial charge in [0.15, 0.2) is 0 Å². The van der Waals surface area contributed by atoms with E-state index in [1.54, 1.807) is 0 Å². The molecule has 0 aliphatic rings. The van der Waals surface area contributed by atoms with E-state index in [1.165, 1.54) is 0 Å². The van der Waals surface area contributed by atoms with Gasteiger partial charge in [-0.25, -0.2) is 0 Å². The number of nitrogens with one attached hydrogen (secondary N) is 2. The van der Waals surface area contributed by atoms with Gasteiger partial charge < -0.3 is 15.4 Å². The van der Waals surface area contributed by atoms with Gasteiger partial charge in [-0.1, -0.05) is 6.07 Å². The Morgan fingerprint density at radius 2 is 2.21 bits per heavy atom. The number of hydrogen-bond donors (Lipinski definition) is 3. The summed E-state index contributed by atoms with van der Waals surface area (Å²) in [6.07, 6.45) is 0. The molecule has 3 N–H and O–H groups in total. The van der Waals surface area contributed by atoms with Gasteiger partial charge in [0.1, 0.15) is 5.75 Å². The predicted molar refractivity (Wildman–Crippen MR) is 57.5 cm³/mol. The summed E-state index contributed by atoms with van der Waals surface area (Å²) in [5, 5.41) is 13.9. The van der Waals surface area contributed by atoms with Crippen molar-refractivity contribution < 1.29 is 5.11 Å². The highest BCUT2D eigenvalue weighted by molar-refractivity contribution is 5.87. The second-order valence-corrected chi connectivity index (χ2v) is 3.52. The van der Waals surface area contributed by atoms with Crippen LogP contribution in [0.15, 0.2) is 18.2 Å². The number of aromatic amines is 1. The minimum Gasteiger partial charge on any atom is -0.507 e. The molecular formula is C11H14N2O. The molecule has 0 saturated carbocycles. The molecule has 2 aromatic rings. The zero-order valence-corrected chi connectivity index (χ0v) is 8.39. The second-order valence-electron chi connectivity index (χ2n) is 3.52. The molecule has 1 aromatic carbocycles. The minimum absolute atomic E-state index is 0.376. The summed E-state index contributed by atoms with van der Waals surface area (Å²) in [5.41, 5.74) is 2.98. The third kappa shape index (κ3) is 1.36. The lowest BCUT2D eigenvalue weighted by atomic mass is 10.1. The van der Waals surface area contributed by atoms with Crippen molar-refractivity contribution in [1.82, 2.24) is 10.3 Å². The molecule has 0 atom stereocenters. The Kier molecular flexibility index (Phi) is 2.17. The van der Waals surface area contributed by atoms with Crippen LogP contribution >= 0.6 is 0 Å². The molecule has 1 heterocycles. The number of aryl methyl sites for hydroxylation is 1. The van der Waals surface area contributed by atoms with Gasteiger partial charge in [-0.05, 0) is 26.1 Å². The molecule has 3 nitrogen and oxygen atoms in total. The van der Waals surface area contributed by atoms with E-state index in [9.17, 15) is 5.11 Å². The molecule has 0 aliphatic heterocycles. The fraction of sp³-hybridized carbons (Fsp3) is 0.273. The molecule has 0 bridgehead atoms. The zero-order chi connectivity index (χ0) is 10.1. The van der Waals surface area contributed by atoms with Crippen molar-refractivity contribution in [3.8, 4) is 5.75 Å². The molecule has 0 saturated heterocycles. The van der Waals surface area contributed by atoms with Crippen molar-refractivity contribution in [2.45, 2.75) is 13.5 Å². The lowest BCUT2D eigenvalue weighted by Crippen LogP contribution is -2.04. The number of fused-ring (bicyclic) bond motifs is 1. The highest BCUT2D eigenvalue weighted by Gasteiger charge is 2.07. The topological polar surface area (TPSA) is 48.0 Å². The van der Waals surface area contributed by atoms with E-state index >= 15 is 0 Å². The lowest BCUT2D eigenvalue weighted by molar-refractivity contribution is 0.472. The normalized spacial score (nSPS) is 11.0. The van der Waals surface area contributed by atoms with E-state index in [0.29, 0.717) is 12.3 Å². The fourth-order valence-corrected chi connectivity index (χ4v) is 1.71. The average molecular weight is 190 g/mol. The van der Waals surface area contributed by atoms with Crippen LogP contribution in [0.5, 0.6) is 5.75 Å². The number of rotatable bonds is 2. The number of phenols is 1. The molecule has 3 heteroatoms. The van der Waals surface area contributed by atoms with Crippen molar-refractivity contribution in [3.05, 3.63) is 29.5 Å². The summed E-state index contributed by atoms with van der Waals surface area (Å²) < 4.78 is 0. The smallest absolute Gasteiger partial charge is 0.129 e. The van der Waals surface area contributed by atoms with Crippen LogP contribution in [0.1, 0.15) is 11.3 Å². The Labute approximate surface area is 82.8 Å². The Morgan fingerprint density at radius 1 is 1.43 bits per heavy atom. The van der Waals surface area contributed by atoms with Crippen LogP contribution in [0.25, 0.3) is 10.9 Å². The summed E-state index contributed by atoms with van der Waals surface area (Å²) in [7, 11) is 1.87. The molecule has 0 spiro atoms. The van der Waals surface area contributed by atoms with Crippen LogP contribution in [0.4, 0.5) is 0 Å². The molecule has 0 radical (unpaired) electrons. The second kappa shape index (κ2) is 3.35. The number of phenolic OH excluding ortho intramolecular Hbond substituents is 1. The predicted octanol–water partition coefficient (Wildman–Crippen LogP) is 1.90. The highest BCUT2D eigenvalue weighted by atomic mass is 16.3. The van der Waals surface area contributed by atoms with Crippen LogP contribution in [-0.4, -0.2) is 17.1 Å². The molecule has 0 fully saturated rings. The molecule has 0 aliphatic carbocycles. The maximum Gasteiger partial charge on any atom is 0.129 e. The molecular weight excluding hydrogens is 176 g/mol. The molecule has 1 aromatic heterocycles. The van der Waals surface area contributed by atoms with Crippen molar-refractivity contribution in [3.63, 3.8) is 0 Å². The van der Waals surface area contributed by atoms with Crippen molar-refractivity contribution in [1.29, 1.82) is 0 Å². The quantitative estimate of drug-likeness (QED) is 0.677. The van der Waals surface area contributed by atoms with Crippen LogP contribution in [-0.2, 0) is 6.54 Å². The fourth-order valence-electron chi connectivity index (χ4n) is 1.71. The van der Waals surface area contributed by atoms with E-state index in [0.717, 1.165) is 22.2 Å². The van der Waals surface area contributed by atoms with E-state index in [4.69, 9.17) is 0 Å². The Bertz CT molecular complexity index is 460. The Morgan fingerprint density at radius 3 is 2.93 bits per heavy atom. The lowest BCUT2D eigenvalue weighted by Gasteiger charge is -2.04. The number of H-pyrrole nitrogens is 1. The summed E-state index contributed by atoms with van der Waals surface area (Å²) in [5.74, 6) is 0.376. The summed E-state index contributed by atoms with van der Waals surface area (Å²) >= 11 is 0. The highest BCUT2D eigenvalue weighted by Crippen LogP contribution is 2.28. The van der Waals surface area contributed by atoms with Crippen LogP contribution in [0.3, 0.4) is 0 Å². The first-order valence-corrected chi connectivity index (χ1v) is 4.67. The SMILES string of the molecule is CNCc1ccc2[nH]c(C)cc2c1O. The standard InChI is InChI=1S/C11H14N2O/c1-7-5-9-10(13-7)4-3-8(6-12-2)11(9)14/h3-5,12-14H,6H2,1-2H3. The summed E-state index contributed by atoms with van der Waals surface area (Å²) in [4.78, 5) is 3.19. The molecule has 0 unspecified atom stereocenters. The third-order valence-corrected chi connectivity index (χ3v) is 2.36. The van der Waals surface area contributed by atoms with E-state index in [2.05, 4.69) is 10.3 Å². The summed E-state index contributed by atoms with van der Waals surface area (Å²) in [6, 6.07) is 5.89. The van der Waals surface area contributed by atoms with Gasteiger partial charge in [-0.2, -0.15) is 0 Å². The molecule has 0 amide bonds. The van der Waals surface area contributed by atoms with Gasteiger partial charge >= 0.3 is 0 Å². The molecule has 14 heavy (non-hydrogen) atoms. The molecule has 74 valence electrons. The Hall–Kier alpha value is -1.48. The number of benzene rings is 1. The first kappa shape index (κ1) is 9.09. The van der Waals surface area contributed by atoms with Gasteiger partial charge in [0.05, 0.1) is 0 Å². The average Bonchev–Trinajstić information content (AvgIpc) is 2.52. The van der Waals surface area contributed by atoms with E-state index in [1.807, 2.05) is 32.2 Å². The first-order valence-electron chi connectivity index (χ1n) is 4.67. The molecule has 2 rings (SSSR count). The van der Waals surface area contributed by atoms with Gasteiger partial charge in [0.2, 0.25) is 0 Å². The van der Waals surface area contributed by atoms with E-state index < -0.39 is 0 Å². The monoisotopic (exact) mass is 190 g/mol. The number of hydrogen-bond acceptors (Lipinski definition) is 2. The van der Waals surface area contributed by atoms with Gasteiger partial charge in [-0.3, -0.25) is 0 Å². The third-order valence-electron chi connectivity index (χ3n) is 2.36. The van der Waals surface area contributed by atoms with Crippen LogP contribution in [0.2, 0.25) is 0 Å². The maximum atomic E-state index is 9.93. The zero-order valence-electron chi connectivity index (χ0n) is 8.39. The van der Waals surface area contributed by atoms with Gasteiger partial charge in [-0.15, -0.1) is 0 Å². The first-order chi connectivity index (χ1) is 6.72. The van der Waals surface area contributed by atoms with Crippen LogP contribution < -0.4 is 5.32 Å². The van der Waals surface area contributed by atoms with E-state index in [-0.39, 0.29) is 0 Å². The minimum atomic E-state index is 0.376. The number of aromatic nitrogens is 1. The van der Waals surface area contributed by atoms with Crippen molar-refractivity contribution >= 4 is 10.9 Å². The van der Waals surface area contributed by atoms with Crippen LogP contribution in [0, 0.1) is 6.92 Å². The van der Waals surface area contributed by atoms with Gasteiger partial charge in [0, 0.05) is 28.7 Å². The maximum absolute atomic E-state index is 9.93. The summed E-state index contributed by atoms with van der Waals surface area (Å²) in [6.45, 7) is 2.67. The Balaban J connectivity index is 2.61. The largest absolute Gasteiger partial charge is 0.507 e. The van der Waals surface area contributed by atoms with Crippen molar-refractivity contribution in [2.24, 2.45) is 0 Å². The van der Waals surface area contributed by atoms with Gasteiger partial charge in [0.25, 0.3) is 0 Å². The van der Waals surface area contributed by atoms with Crippen molar-refractivity contribution in [2.75, 3.05) is 7.05 Å². The number of aromatic hydroxyl groups is 1.